The number of halogens is 1. The average molecular weight is 290 g/mol. The summed E-state index contributed by atoms with van der Waals surface area (Å²) in [6.07, 6.45) is 0.930. The fourth-order valence-electron chi connectivity index (χ4n) is 2.25. The molecule has 1 N–H and O–H groups in total. The fraction of sp³-hybridized carbons (Fsp3) is 0.294. The number of ether oxygens (including phenoxy) is 1. The van der Waals surface area contributed by atoms with Crippen molar-refractivity contribution in [1.29, 1.82) is 0 Å². The Morgan fingerprint density at radius 1 is 1.15 bits per heavy atom. The van der Waals surface area contributed by atoms with Crippen LogP contribution in [0.4, 0.5) is 0 Å². The molecule has 2 aromatic carbocycles. The second-order valence-corrected chi connectivity index (χ2v) is 5.33. The lowest BCUT2D eigenvalue weighted by molar-refractivity contribution is 0.414. The third-order valence-electron chi connectivity index (χ3n) is 3.49. The predicted octanol–water partition coefficient (Wildman–Crippen LogP) is 4.16. The first-order valence-electron chi connectivity index (χ1n) is 6.70. The van der Waals surface area contributed by atoms with Gasteiger partial charge < -0.3 is 10.1 Å². The number of hydrogen-bond donors (Lipinski definition) is 1. The van der Waals surface area contributed by atoms with E-state index in [1.54, 1.807) is 7.11 Å². The zero-order chi connectivity index (χ0) is 14.5. The molecule has 3 heteroatoms. The highest BCUT2D eigenvalue weighted by Crippen LogP contribution is 2.28. The molecule has 0 fully saturated rings. The van der Waals surface area contributed by atoms with Crippen LogP contribution >= 0.6 is 11.6 Å². The highest BCUT2D eigenvalue weighted by Gasteiger charge is 2.12. The number of likely N-dealkylation sites (N-methyl/N-ethyl adjacent to an activating group) is 1. The van der Waals surface area contributed by atoms with Crippen molar-refractivity contribution in [2.75, 3.05) is 14.2 Å². The zero-order valence-electron chi connectivity index (χ0n) is 12.1. The van der Waals surface area contributed by atoms with Crippen LogP contribution in [0.15, 0.2) is 42.5 Å². The summed E-state index contributed by atoms with van der Waals surface area (Å²) in [4.78, 5) is 0. The molecule has 0 heterocycles. The van der Waals surface area contributed by atoms with E-state index in [-0.39, 0.29) is 6.04 Å². The quantitative estimate of drug-likeness (QED) is 0.892. The summed E-state index contributed by atoms with van der Waals surface area (Å²) in [5.41, 5.74) is 3.75. The number of methoxy groups -OCH3 is 1. The van der Waals surface area contributed by atoms with E-state index < -0.39 is 0 Å². The lowest BCUT2D eigenvalue weighted by Gasteiger charge is -2.18. The van der Waals surface area contributed by atoms with E-state index in [9.17, 15) is 0 Å². The summed E-state index contributed by atoms with van der Waals surface area (Å²) in [5.74, 6) is 0.709. The highest BCUT2D eigenvalue weighted by molar-refractivity contribution is 6.32. The Morgan fingerprint density at radius 3 is 2.40 bits per heavy atom. The zero-order valence-corrected chi connectivity index (χ0v) is 12.9. The van der Waals surface area contributed by atoms with E-state index >= 15 is 0 Å². The number of hydrogen-bond acceptors (Lipinski definition) is 2. The van der Waals surface area contributed by atoms with Gasteiger partial charge in [-0.05, 0) is 43.7 Å². The first-order valence-corrected chi connectivity index (χ1v) is 7.08. The molecular weight excluding hydrogens is 270 g/mol. The van der Waals surface area contributed by atoms with Crippen molar-refractivity contribution >= 4 is 11.6 Å². The minimum absolute atomic E-state index is 0.237. The Balaban J connectivity index is 2.19. The second-order valence-electron chi connectivity index (χ2n) is 4.92. The van der Waals surface area contributed by atoms with Gasteiger partial charge in [-0.1, -0.05) is 47.5 Å². The second kappa shape index (κ2) is 6.78. The van der Waals surface area contributed by atoms with Crippen LogP contribution in [0.3, 0.4) is 0 Å². The molecule has 1 unspecified atom stereocenters. The molecule has 2 rings (SSSR count). The highest BCUT2D eigenvalue weighted by atomic mass is 35.5. The maximum atomic E-state index is 6.20. The third-order valence-corrected chi connectivity index (χ3v) is 3.78. The van der Waals surface area contributed by atoms with Crippen LogP contribution in [0, 0.1) is 6.92 Å². The number of nitrogens with one attached hydrogen (secondary N) is 1. The minimum Gasteiger partial charge on any atom is -0.495 e. The largest absolute Gasteiger partial charge is 0.495 e. The maximum Gasteiger partial charge on any atom is 0.137 e. The van der Waals surface area contributed by atoms with Gasteiger partial charge in [-0.25, -0.2) is 0 Å². The maximum absolute atomic E-state index is 6.20. The molecular formula is C17H20ClNO. The van der Waals surface area contributed by atoms with Crippen molar-refractivity contribution < 1.29 is 4.74 Å². The van der Waals surface area contributed by atoms with E-state index in [1.807, 2.05) is 19.2 Å². The third kappa shape index (κ3) is 3.53. The summed E-state index contributed by atoms with van der Waals surface area (Å²) >= 11 is 6.20. The van der Waals surface area contributed by atoms with Crippen LogP contribution in [-0.4, -0.2) is 14.2 Å². The molecule has 20 heavy (non-hydrogen) atoms. The molecule has 2 aromatic rings. The van der Waals surface area contributed by atoms with Gasteiger partial charge in [0.2, 0.25) is 0 Å². The average Bonchev–Trinajstić information content (AvgIpc) is 2.46. The van der Waals surface area contributed by atoms with Crippen LogP contribution in [-0.2, 0) is 6.42 Å². The van der Waals surface area contributed by atoms with Gasteiger partial charge in [0.1, 0.15) is 5.75 Å². The van der Waals surface area contributed by atoms with Gasteiger partial charge in [-0.2, -0.15) is 0 Å². The van der Waals surface area contributed by atoms with Crippen molar-refractivity contribution in [3.8, 4) is 5.75 Å². The number of benzene rings is 2. The van der Waals surface area contributed by atoms with Crippen LogP contribution in [0.5, 0.6) is 5.75 Å². The summed E-state index contributed by atoms with van der Waals surface area (Å²) in [7, 11) is 3.60. The minimum atomic E-state index is 0.237. The van der Waals surface area contributed by atoms with E-state index in [1.165, 1.54) is 16.7 Å². The summed E-state index contributed by atoms with van der Waals surface area (Å²) in [6.45, 7) is 2.10. The molecule has 0 amide bonds. The van der Waals surface area contributed by atoms with Crippen molar-refractivity contribution in [1.82, 2.24) is 5.32 Å². The lowest BCUT2D eigenvalue weighted by atomic mass is 9.98. The number of rotatable bonds is 5. The van der Waals surface area contributed by atoms with Gasteiger partial charge in [-0.3, -0.25) is 0 Å². The first-order chi connectivity index (χ1) is 9.63. The van der Waals surface area contributed by atoms with Crippen molar-refractivity contribution in [3.63, 3.8) is 0 Å². The van der Waals surface area contributed by atoms with Gasteiger partial charge in [0.25, 0.3) is 0 Å². The summed E-state index contributed by atoms with van der Waals surface area (Å²) < 4.78 is 5.19. The molecule has 1 atom stereocenters. The van der Waals surface area contributed by atoms with Crippen molar-refractivity contribution in [3.05, 3.63) is 64.2 Å². The van der Waals surface area contributed by atoms with Gasteiger partial charge in [0, 0.05) is 6.04 Å². The van der Waals surface area contributed by atoms with Gasteiger partial charge in [-0.15, -0.1) is 0 Å². The van der Waals surface area contributed by atoms with Crippen LogP contribution < -0.4 is 10.1 Å². The van der Waals surface area contributed by atoms with E-state index in [4.69, 9.17) is 16.3 Å². The summed E-state index contributed by atoms with van der Waals surface area (Å²) in [5, 5.41) is 3.99. The van der Waals surface area contributed by atoms with Crippen molar-refractivity contribution in [2.24, 2.45) is 0 Å². The van der Waals surface area contributed by atoms with E-state index in [0.29, 0.717) is 10.8 Å². The van der Waals surface area contributed by atoms with Crippen molar-refractivity contribution in [2.45, 2.75) is 19.4 Å². The molecule has 106 valence electrons. The normalized spacial score (nSPS) is 12.2. The molecule has 0 aliphatic heterocycles. The Hall–Kier alpha value is -1.51. The molecule has 0 spiro atoms. The number of aryl methyl sites for hydroxylation is 1. The van der Waals surface area contributed by atoms with Crippen LogP contribution in [0.1, 0.15) is 22.7 Å². The predicted molar refractivity (Wildman–Crippen MR) is 84.7 cm³/mol. The molecule has 0 aliphatic rings. The molecule has 0 radical (unpaired) electrons. The van der Waals surface area contributed by atoms with Crippen LogP contribution in [0.25, 0.3) is 0 Å². The Bertz CT molecular complexity index is 566. The smallest absolute Gasteiger partial charge is 0.137 e. The molecule has 0 aliphatic carbocycles. The molecule has 0 bridgehead atoms. The Kier molecular flexibility index (Phi) is 5.05. The lowest BCUT2D eigenvalue weighted by Crippen LogP contribution is -2.18. The molecule has 0 aromatic heterocycles. The Morgan fingerprint density at radius 2 is 1.85 bits per heavy atom. The van der Waals surface area contributed by atoms with Gasteiger partial charge in [0.15, 0.2) is 0 Å². The molecule has 0 saturated carbocycles. The standard InChI is InChI=1S/C17H20ClNO/c1-12-4-6-13(7-5-12)10-16(19-2)14-8-9-17(20-3)15(18)11-14/h4-9,11,16,19H,10H2,1-3H3. The van der Waals surface area contributed by atoms with E-state index in [0.717, 1.165) is 6.42 Å². The van der Waals surface area contributed by atoms with E-state index in [2.05, 4.69) is 42.6 Å². The molecule has 2 nitrogen and oxygen atoms in total. The van der Waals surface area contributed by atoms with Crippen LogP contribution in [0.2, 0.25) is 5.02 Å². The Labute approximate surface area is 125 Å². The fourth-order valence-corrected chi connectivity index (χ4v) is 2.51. The topological polar surface area (TPSA) is 21.3 Å². The SMILES string of the molecule is CNC(Cc1ccc(C)cc1)c1ccc(OC)c(Cl)c1. The first kappa shape index (κ1) is 14.9. The summed E-state index contributed by atoms with van der Waals surface area (Å²) in [6, 6.07) is 14.8. The van der Waals surface area contributed by atoms with Gasteiger partial charge >= 0.3 is 0 Å². The van der Waals surface area contributed by atoms with Gasteiger partial charge in [0.05, 0.1) is 12.1 Å². The molecule has 0 saturated heterocycles. The monoisotopic (exact) mass is 289 g/mol.